The minimum absolute atomic E-state index is 0. The van der Waals surface area contributed by atoms with Gasteiger partial charge in [-0.2, -0.15) is 0 Å². The predicted molar refractivity (Wildman–Crippen MR) is 85.5 cm³/mol. The lowest BCUT2D eigenvalue weighted by atomic mass is 9.94. The number of aliphatic hydroxyl groups is 1. The molecular weight excluding hydrogens is 294 g/mol. The number of rotatable bonds is 7. The molecule has 6 heteroatoms. The van der Waals surface area contributed by atoms with Gasteiger partial charge in [0.1, 0.15) is 17.2 Å². The molecule has 0 bridgehead atoms. The fourth-order valence-corrected chi connectivity index (χ4v) is 2.13. The zero-order chi connectivity index (χ0) is 15.3. The Morgan fingerprint density at radius 1 is 1.10 bits per heavy atom. The van der Waals surface area contributed by atoms with Gasteiger partial charge in [-0.05, 0) is 18.8 Å². The number of aliphatic hydroxyl groups excluding tert-OH is 1. The summed E-state index contributed by atoms with van der Waals surface area (Å²) in [6.07, 6.45) is 0.800. The van der Waals surface area contributed by atoms with Gasteiger partial charge in [0.2, 0.25) is 0 Å². The van der Waals surface area contributed by atoms with Crippen LogP contribution in [-0.4, -0.2) is 30.5 Å². The Balaban J connectivity index is 0.00000400. The summed E-state index contributed by atoms with van der Waals surface area (Å²) in [6, 6.07) is 2.30. The molecule has 0 heterocycles. The zero-order valence-corrected chi connectivity index (χ0v) is 13.8. The first kappa shape index (κ1) is 19.8. The van der Waals surface area contributed by atoms with Crippen LogP contribution in [0.3, 0.4) is 0 Å². The minimum Gasteiger partial charge on any atom is -0.508 e. The molecule has 2 atom stereocenters. The number of hydrogen-bond donors (Lipinski definition) is 3. The van der Waals surface area contributed by atoms with E-state index in [-0.39, 0.29) is 18.2 Å². The van der Waals surface area contributed by atoms with Crippen LogP contribution in [0.15, 0.2) is 12.1 Å². The molecule has 1 aromatic carbocycles. The lowest BCUT2D eigenvalue weighted by molar-refractivity contribution is 0.125. The maximum Gasteiger partial charge on any atom is 0.131 e. The average Bonchev–Trinajstić information content (AvgIpc) is 2.42. The molecule has 21 heavy (non-hydrogen) atoms. The van der Waals surface area contributed by atoms with Crippen LogP contribution in [0.1, 0.15) is 38.3 Å². The largest absolute Gasteiger partial charge is 0.508 e. The fraction of sp³-hybridized carbons (Fsp3) is 0.600. The molecule has 4 N–H and O–H groups in total. The van der Waals surface area contributed by atoms with Crippen molar-refractivity contribution in [1.29, 1.82) is 0 Å². The highest BCUT2D eigenvalue weighted by Crippen LogP contribution is 2.38. The van der Waals surface area contributed by atoms with Gasteiger partial charge >= 0.3 is 0 Å². The Morgan fingerprint density at radius 3 is 1.95 bits per heavy atom. The summed E-state index contributed by atoms with van der Waals surface area (Å²) >= 11 is 0. The fourth-order valence-electron chi connectivity index (χ4n) is 2.13. The maximum atomic E-state index is 10.2. The number of hydrogen-bond acceptors (Lipinski definition) is 5. The van der Waals surface area contributed by atoms with Crippen LogP contribution in [-0.2, 0) is 0 Å². The number of aromatic hydroxyl groups is 1. The van der Waals surface area contributed by atoms with Crippen molar-refractivity contribution in [3.05, 3.63) is 17.7 Å². The maximum absolute atomic E-state index is 10.2. The quantitative estimate of drug-likeness (QED) is 0.719. The van der Waals surface area contributed by atoms with Gasteiger partial charge in [0, 0.05) is 12.1 Å². The van der Waals surface area contributed by atoms with E-state index in [2.05, 4.69) is 13.8 Å². The van der Waals surface area contributed by atoms with Crippen LogP contribution < -0.4 is 15.2 Å². The molecule has 1 aromatic rings. The van der Waals surface area contributed by atoms with Crippen molar-refractivity contribution < 1.29 is 19.7 Å². The third-order valence-corrected chi connectivity index (χ3v) is 3.32. The van der Waals surface area contributed by atoms with E-state index in [1.165, 1.54) is 26.4 Å². The number of ether oxygens (including phenoxy) is 2. The van der Waals surface area contributed by atoms with E-state index in [1.807, 2.05) is 0 Å². The number of phenols is 1. The Hall–Kier alpha value is -1.17. The monoisotopic (exact) mass is 319 g/mol. The van der Waals surface area contributed by atoms with Gasteiger partial charge in [-0.3, -0.25) is 0 Å². The normalized spacial score (nSPS) is 13.5. The summed E-state index contributed by atoms with van der Waals surface area (Å²) in [6.45, 7) is 4.19. The van der Waals surface area contributed by atoms with Crippen molar-refractivity contribution in [2.24, 2.45) is 11.7 Å². The topological polar surface area (TPSA) is 84.9 Å². The molecule has 0 spiro atoms. The molecule has 0 aliphatic heterocycles. The smallest absolute Gasteiger partial charge is 0.131 e. The highest BCUT2D eigenvalue weighted by molar-refractivity contribution is 5.85. The van der Waals surface area contributed by atoms with Crippen LogP contribution in [0, 0.1) is 5.92 Å². The van der Waals surface area contributed by atoms with Crippen molar-refractivity contribution >= 4 is 12.4 Å². The van der Waals surface area contributed by atoms with Gasteiger partial charge in [0.05, 0.1) is 31.9 Å². The number of phenolic OH excluding ortho intramolecular Hbond substituents is 1. The SMILES string of the molecule is COc1cc(O)cc(OC)c1[C@H](N)[C@H](O)CCC(C)C.Cl. The standard InChI is InChI=1S/C15H25NO4.ClH/c1-9(2)5-6-11(18)15(16)14-12(19-3)7-10(17)8-13(14)20-4;/h7-9,11,15,17-18H,5-6,16H2,1-4H3;1H/t11-,15-;/m1./s1. The van der Waals surface area contributed by atoms with Crippen LogP contribution >= 0.6 is 12.4 Å². The van der Waals surface area contributed by atoms with Crippen molar-refractivity contribution in [2.45, 2.75) is 38.8 Å². The summed E-state index contributed by atoms with van der Waals surface area (Å²) in [7, 11) is 2.98. The second kappa shape index (κ2) is 8.97. The molecule has 0 saturated carbocycles. The third-order valence-electron chi connectivity index (χ3n) is 3.32. The van der Waals surface area contributed by atoms with Gasteiger partial charge in [0.15, 0.2) is 0 Å². The van der Waals surface area contributed by atoms with Gasteiger partial charge in [-0.25, -0.2) is 0 Å². The minimum atomic E-state index is -0.690. The van der Waals surface area contributed by atoms with Crippen molar-refractivity contribution in [3.63, 3.8) is 0 Å². The second-order valence-electron chi connectivity index (χ2n) is 5.33. The van der Waals surface area contributed by atoms with Crippen LogP contribution in [0.4, 0.5) is 0 Å². The second-order valence-corrected chi connectivity index (χ2v) is 5.33. The lowest BCUT2D eigenvalue weighted by Gasteiger charge is -2.24. The molecule has 0 unspecified atom stereocenters. The average molecular weight is 320 g/mol. The number of halogens is 1. The molecule has 0 aromatic heterocycles. The first-order valence-electron chi connectivity index (χ1n) is 6.79. The number of benzene rings is 1. The predicted octanol–water partition coefficient (Wildman–Crippen LogP) is 2.63. The Morgan fingerprint density at radius 2 is 1.57 bits per heavy atom. The highest BCUT2D eigenvalue weighted by Gasteiger charge is 2.25. The summed E-state index contributed by atoms with van der Waals surface area (Å²) in [5, 5.41) is 19.8. The zero-order valence-electron chi connectivity index (χ0n) is 13.0. The molecule has 0 aliphatic carbocycles. The number of nitrogens with two attached hydrogens (primary N) is 1. The van der Waals surface area contributed by atoms with E-state index in [0.29, 0.717) is 29.4 Å². The first-order valence-corrected chi connectivity index (χ1v) is 6.79. The number of methoxy groups -OCH3 is 2. The molecule has 0 aliphatic rings. The lowest BCUT2D eigenvalue weighted by Crippen LogP contribution is -2.27. The molecule has 0 fully saturated rings. The summed E-state index contributed by atoms with van der Waals surface area (Å²) in [5.41, 5.74) is 6.71. The van der Waals surface area contributed by atoms with Gasteiger partial charge in [0.25, 0.3) is 0 Å². The molecule has 0 saturated heterocycles. The molecule has 0 amide bonds. The van der Waals surface area contributed by atoms with E-state index < -0.39 is 12.1 Å². The van der Waals surface area contributed by atoms with Crippen molar-refractivity contribution in [3.8, 4) is 17.2 Å². The van der Waals surface area contributed by atoms with Crippen molar-refractivity contribution in [1.82, 2.24) is 0 Å². The Kier molecular flexibility index (Phi) is 8.47. The first-order chi connectivity index (χ1) is 9.40. The van der Waals surface area contributed by atoms with E-state index in [4.69, 9.17) is 15.2 Å². The molecule has 5 nitrogen and oxygen atoms in total. The molecular formula is C15H26ClNO4. The van der Waals surface area contributed by atoms with Gasteiger partial charge < -0.3 is 25.4 Å². The van der Waals surface area contributed by atoms with E-state index in [9.17, 15) is 10.2 Å². The van der Waals surface area contributed by atoms with E-state index in [0.717, 1.165) is 6.42 Å². The summed E-state index contributed by atoms with van der Waals surface area (Å²) in [5.74, 6) is 1.36. The van der Waals surface area contributed by atoms with Crippen LogP contribution in [0.2, 0.25) is 0 Å². The van der Waals surface area contributed by atoms with Crippen molar-refractivity contribution in [2.75, 3.05) is 14.2 Å². The molecule has 0 radical (unpaired) electrons. The Labute approximate surface area is 132 Å². The summed E-state index contributed by atoms with van der Waals surface area (Å²) < 4.78 is 10.5. The van der Waals surface area contributed by atoms with Gasteiger partial charge in [-0.15, -0.1) is 12.4 Å². The molecule has 1 rings (SSSR count). The third kappa shape index (κ3) is 5.26. The van der Waals surface area contributed by atoms with Crippen LogP contribution in [0.5, 0.6) is 17.2 Å². The van der Waals surface area contributed by atoms with E-state index in [1.54, 1.807) is 0 Å². The Bertz CT molecular complexity index is 415. The van der Waals surface area contributed by atoms with E-state index >= 15 is 0 Å². The van der Waals surface area contributed by atoms with Crippen LogP contribution in [0.25, 0.3) is 0 Å². The molecule has 122 valence electrons. The summed E-state index contributed by atoms with van der Waals surface area (Å²) in [4.78, 5) is 0. The van der Waals surface area contributed by atoms with Gasteiger partial charge in [-0.1, -0.05) is 13.8 Å². The highest BCUT2D eigenvalue weighted by atomic mass is 35.5.